The Hall–Kier alpha value is -0.923. The molecule has 4 rings (SSSR count). The second-order valence-corrected chi connectivity index (χ2v) is 16.2. The monoisotopic (exact) mass is 417 g/mol. The standard InChI is InChI=1S/C22H31NO3SSi/c1-21(2,3)28(22(4,5)6)25-13-17-19(26-28)18(24)20(27-17)15-11-14-9-7-8-10-16(14)23-12-15/h7-12,17-20,24H,13H2,1-6H3/t17-,18-,19-,20+/m1/s1. The van der Waals surface area contributed by atoms with Crippen molar-refractivity contribution in [3.05, 3.63) is 42.1 Å². The topological polar surface area (TPSA) is 51.6 Å². The number of fused-ring (bicyclic) bond motifs is 2. The van der Waals surface area contributed by atoms with Gasteiger partial charge >= 0.3 is 8.56 Å². The third-order valence-electron chi connectivity index (χ3n) is 6.00. The number of hydrogen-bond donors (Lipinski definition) is 1. The van der Waals surface area contributed by atoms with Crippen LogP contribution >= 0.6 is 11.8 Å². The minimum atomic E-state index is -2.58. The van der Waals surface area contributed by atoms with Crippen LogP contribution < -0.4 is 0 Å². The number of aliphatic hydroxyl groups excluding tert-OH is 1. The molecule has 6 heteroatoms. The molecule has 4 atom stereocenters. The zero-order valence-electron chi connectivity index (χ0n) is 17.6. The molecule has 2 aliphatic heterocycles. The lowest BCUT2D eigenvalue weighted by Gasteiger charge is -2.53. The van der Waals surface area contributed by atoms with E-state index in [0.29, 0.717) is 6.61 Å². The third kappa shape index (κ3) is 3.14. The van der Waals surface area contributed by atoms with Crippen LogP contribution in [0.3, 0.4) is 0 Å². The molecule has 0 amide bonds. The lowest BCUT2D eigenvalue weighted by atomic mass is 10.0. The quantitative estimate of drug-likeness (QED) is 0.646. The number of para-hydroxylation sites is 1. The predicted molar refractivity (Wildman–Crippen MR) is 118 cm³/mol. The summed E-state index contributed by atoms with van der Waals surface area (Å²) in [4.78, 5) is 4.60. The number of hydrogen-bond acceptors (Lipinski definition) is 5. The van der Waals surface area contributed by atoms with Crippen molar-refractivity contribution in [2.75, 3.05) is 6.61 Å². The number of thioether (sulfide) groups is 1. The van der Waals surface area contributed by atoms with Gasteiger partial charge in [-0.1, -0.05) is 59.7 Å². The van der Waals surface area contributed by atoms with Crippen LogP contribution in [0.1, 0.15) is 52.4 Å². The molecule has 2 saturated heterocycles. The van der Waals surface area contributed by atoms with Crippen LogP contribution in [-0.4, -0.2) is 42.7 Å². The van der Waals surface area contributed by atoms with Crippen LogP contribution in [-0.2, 0) is 8.85 Å². The van der Waals surface area contributed by atoms with Gasteiger partial charge in [0.25, 0.3) is 0 Å². The highest BCUT2D eigenvalue weighted by atomic mass is 32.2. The summed E-state index contributed by atoms with van der Waals surface area (Å²) in [5.41, 5.74) is 2.04. The fraction of sp³-hybridized carbons (Fsp3) is 0.591. The van der Waals surface area contributed by atoms with E-state index in [1.165, 1.54) is 0 Å². The number of aromatic nitrogens is 1. The molecule has 152 valence electrons. The molecule has 0 bridgehead atoms. The highest BCUT2D eigenvalue weighted by molar-refractivity contribution is 8.00. The van der Waals surface area contributed by atoms with Gasteiger partial charge in [0, 0.05) is 21.7 Å². The maximum absolute atomic E-state index is 11.3. The summed E-state index contributed by atoms with van der Waals surface area (Å²) in [5.74, 6) is 0. The van der Waals surface area contributed by atoms with Crippen LogP contribution in [0.15, 0.2) is 36.5 Å². The van der Waals surface area contributed by atoms with Gasteiger partial charge in [0.05, 0.1) is 34.8 Å². The van der Waals surface area contributed by atoms with E-state index >= 15 is 0 Å². The van der Waals surface area contributed by atoms with Gasteiger partial charge in [-0.15, -0.1) is 11.8 Å². The van der Waals surface area contributed by atoms with Gasteiger partial charge < -0.3 is 14.0 Å². The zero-order valence-corrected chi connectivity index (χ0v) is 19.4. The molecule has 0 radical (unpaired) electrons. The molecule has 4 nitrogen and oxygen atoms in total. The first-order chi connectivity index (χ1) is 13.0. The molecule has 2 aromatic rings. The molecular formula is C22H31NO3SSi. The summed E-state index contributed by atoms with van der Waals surface area (Å²) in [6.45, 7) is 13.9. The van der Waals surface area contributed by atoms with E-state index in [4.69, 9.17) is 8.85 Å². The first-order valence-electron chi connectivity index (χ1n) is 10.0. The number of aliphatic hydroxyl groups is 1. The predicted octanol–water partition coefficient (Wildman–Crippen LogP) is 5.21. The van der Waals surface area contributed by atoms with Crippen LogP contribution in [0.25, 0.3) is 10.9 Å². The van der Waals surface area contributed by atoms with Gasteiger partial charge in [0.15, 0.2) is 0 Å². The van der Waals surface area contributed by atoms with E-state index in [1.54, 1.807) is 11.8 Å². The van der Waals surface area contributed by atoms with E-state index in [-0.39, 0.29) is 26.7 Å². The SMILES string of the molecule is CC(C)(C)[Si]1(C(C)(C)C)OC[C@H]2S[C@@H](c3cnc4ccccc4c3)[C@H](O)[C@@H]2O1. The molecule has 1 aromatic carbocycles. The second-order valence-electron chi connectivity index (χ2n) is 10.1. The minimum Gasteiger partial charge on any atom is -0.392 e. The molecular weight excluding hydrogens is 386 g/mol. The van der Waals surface area contributed by atoms with Crippen LogP contribution in [0.5, 0.6) is 0 Å². The Morgan fingerprint density at radius 3 is 2.46 bits per heavy atom. The van der Waals surface area contributed by atoms with E-state index in [2.05, 4.69) is 58.7 Å². The molecule has 0 unspecified atom stereocenters. The molecule has 1 N–H and O–H groups in total. The summed E-state index contributed by atoms with van der Waals surface area (Å²) >= 11 is 1.77. The molecule has 3 heterocycles. The van der Waals surface area contributed by atoms with Gasteiger partial charge in [-0.25, -0.2) is 0 Å². The molecule has 2 aliphatic rings. The molecule has 0 aliphatic carbocycles. The van der Waals surface area contributed by atoms with Gasteiger partial charge in [-0.3, -0.25) is 4.98 Å². The first-order valence-corrected chi connectivity index (χ1v) is 12.8. The molecule has 0 spiro atoms. The van der Waals surface area contributed by atoms with E-state index in [1.807, 2.05) is 24.4 Å². The number of benzene rings is 1. The fourth-order valence-corrected chi connectivity index (χ4v) is 11.6. The Kier molecular flexibility index (Phi) is 4.95. The van der Waals surface area contributed by atoms with Crippen molar-refractivity contribution in [1.82, 2.24) is 4.98 Å². The van der Waals surface area contributed by atoms with E-state index in [9.17, 15) is 5.11 Å². The van der Waals surface area contributed by atoms with E-state index < -0.39 is 14.7 Å². The van der Waals surface area contributed by atoms with Crippen LogP contribution in [0, 0.1) is 0 Å². The third-order valence-corrected chi connectivity index (χ3v) is 12.7. The zero-order chi connectivity index (χ0) is 20.3. The normalized spacial score (nSPS) is 30.4. The Balaban J connectivity index is 1.65. The highest BCUT2D eigenvalue weighted by Gasteiger charge is 2.64. The summed E-state index contributed by atoms with van der Waals surface area (Å²) in [6.07, 6.45) is 1.15. The van der Waals surface area contributed by atoms with Gasteiger partial charge in [-0.2, -0.15) is 0 Å². The van der Waals surface area contributed by atoms with Crippen molar-refractivity contribution in [2.24, 2.45) is 0 Å². The Bertz CT molecular complexity index is 862. The van der Waals surface area contributed by atoms with Crippen molar-refractivity contribution < 1.29 is 14.0 Å². The average Bonchev–Trinajstić information content (AvgIpc) is 2.95. The maximum Gasteiger partial charge on any atom is 0.349 e. The van der Waals surface area contributed by atoms with Gasteiger partial charge in [0.2, 0.25) is 0 Å². The number of pyridine rings is 1. The van der Waals surface area contributed by atoms with Crippen LogP contribution in [0.2, 0.25) is 10.1 Å². The summed E-state index contributed by atoms with van der Waals surface area (Å²) < 4.78 is 13.4. The Morgan fingerprint density at radius 2 is 1.79 bits per heavy atom. The van der Waals surface area contributed by atoms with Gasteiger partial charge in [0.1, 0.15) is 0 Å². The van der Waals surface area contributed by atoms with Crippen molar-refractivity contribution >= 4 is 31.2 Å². The average molecular weight is 418 g/mol. The lowest BCUT2D eigenvalue weighted by Crippen LogP contribution is -2.65. The van der Waals surface area contributed by atoms with Crippen molar-refractivity contribution in [1.29, 1.82) is 0 Å². The van der Waals surface area contributed by atoms with Gasteiger partial charge in [-0.05, 0) is 17.7 Å². The molecule has 1 aromatic heterocycles. The van der Waals surface area contributed by atoms with Crippen molar-refractivity contribution in [3.8, 4) is 0 Å². The number of rotatable bonds is 1. The Morgan fingerprint density at radius 1 is 1.11 bits per heavy atom. The maximum atomic E-state index is 11.3. The van der Waals surface area contributed by atoms with Crippen molar-refractivity contribution in [3.63, 3.8) is 0 Å². The molecule has 28 heavy (non-hydrogen) atoms. The van der Waals surface area contributed by atoms with Crippen molar-refractivity contribution in [2.45, 2.75) is 74.3 Å². The smallest absolute Gasteiger partial charge is 0.349 e. The largest absolute Gasteiger partial charge is 0.392 e. The second kappa shape index (κ2) is 6.81. The summed E-state index contributed by atoms with van der Waals surface area (Å²) in [6, 6.07) is 10.3. The van der Waals surface area contributed by atoms with E-state index in [0.717, 1.165) is 16.5 Å². The molecule has 0 saturated carbocycles. The fourth-order valence-electron chi connectivity index (χ4n) is 4.87. The first kappa shape index (κ1) is 20.4. The summed E-state index contributed by atoms with van der Waals surface area (Å²) in [7, 11) is -2.58. The highest BCUT2D eigenvalue weighted by Crippen LogP contribution is 2.58. The Labute approximate surface area is 173 Å². The lowest BCUT2D eigenvalue weighted by molar-refractivity contribution is -0.0329. The summed E-state index contributed by atoms with van der Waals surface area (Å²) in [5, 5.41) is 12.3. The van der Waals surface area contributed by atoms with Crippen LogP contribution in [0.4, 0.5) is 0 Å². The molecule has 2 fully saturated rings. The number of nitrogens with zero attached hydrogens (tertiary/aromatic N) is 1. The minimum absolute atomic E-state index is 0.0413.